The zero-order valence-electron chi connectivity index (χ0n) is 10.6. The monoisotopic (exact) mass is 232 g/mol. The van der Waals surface area contributed by atoms with Crippen LogP contribution in [0, 0.1) is 40.9 Å². The third kappa shape index (κ3) is 1.01. The Morgan fingerprint density at radius 2 is 1.94 bits per heavy atom. The topological polar surface area (TPSA) is 26.3 Å². The lowest BCUT2D eigenvalue weighted by molar-refractivity contribution is -0.157. The first-order valence-electron chi connectivity index (χ1n) is 6.92. The molecule has 7 atom stereocenters. The number of allylic oxidation sites excluding steroid dienone is 2. The number of esters is 1. The number of hydrogen-bond donors (Lipinski definition) is 0. The maximum atomic E-state index is 12.1. The van der Waals surface area contributed by atoms with E-state index in [1.54, 1.807) is 0 Å². The highest BCUT2D eigenvalue weighted by Gasteiger charge is 2.66. The van der Waals surface area contributed by atoms with Gasteiger partial charge in [0.15, 0.2) is 0 Å². The van der Waals surface area contributed by atoms with E-state index in [9.17, 15) is 4.79 Å². The molecule has 0 aromatic heterocycles. The highest BCUT2D eigenvalue weighted by Crippen LogP contribution is 2.70. The van der Waals surface area contributed by atoms with Gasteiger partial charge in [0.1, 0.15) is 0 Å². The molecular weight excluding hydrogens is 212 g/mol. The third-order valence-electron chi connectivity index (χ3n) is 6.30. The first kappa shape index (κ1) is 10.2. The van der Waals surface area contributed by atoms with Gasteiger partial charge in [0, 0.05) is 0 Å². The standard InChI is InChI=1S/C15H20O2/c1-15(14(16)17-2)7-10-6-11(15)13-9-4-3-8(5-9)12(10)13/h3-4,8-13H,5-7H2,1-2H3/t8?,9?,10-,11-,12?,13?,15+/m1/s1. The Bertz CT molecular complexity index is 413. The van der Waals surface area contributed by atoms with Gasteiger partial charge in [-0.1, -0.05) is 12.2 Å². The van der Waals surface area contributed by atoms with E-state index >= 15 is 0 Å². The summed E-state index contributed by atoms with van der Waals surface area (Å²) in [5.41, 5.74) is -0.182. The second-order valence-corrected chi connectivity index (χ2v) is 6.82. The van der Waals surface area contributed by atoms with Crippen LogP contribution in [0.15, 0.2) is 12.2 Å². The quantitative estimate of drug-likeness (QED) is 0.395. The number of ether oxygens (including phenoxy) is 1. The van der Waals surface area contributed by atoms with Gasteiger partial charge in [0.2, 0.25) is 0 Å². The number of fused-ring (bicyclic) bond motifs is 9. The van der Waals surface area contributed by atoms with E-state index in [-0.39, 0.29) is 11.4 Å². The summed E-state index contributed by atoms with van der Waals surface area (Å²) < 4.78 is 5.06. The fourth-order valence-electron chi connectivity index (χ4n) is 5.84. The minimum Gasteiger partial charge on any atom is -0.469 e. The van der Waals surface area contributed by atoms with E-state index in [0.29, 0.717) is 5.92 Å². The van der Waals surface area contributed by atoms with Crippen LogP contribution in [0.1, 0.15) is 26.2 Å². The second kappa shape index (κ2) is 2.96. The van der Waals surface area contributed by atoms with E-state index < -0.39 is 0 Å². The Kier molecular flexibility index (Phi) is 1.77. The van der Waals surface area contributed by atoms with E-state index in [1.165, 1.54) is 20.0 Å². The van der Waals surface area contributed by atoms with Crippen LogP contribution in [0.3, 0.4) is 0 Å². The van der Waals surface area contributed by atoms with E-state index in [2.05, 4.69) is 19.1 Å². The molecule has 4 aliphatic rings. The van der Waals surface area contributed by atoms with Gasteiger partial charge in [-0.25, -0.2) is 0 Å². The van der Waals surface area contributed by atoms with Crippen molar-refractivity contribution in [2.75, 3.05) is 7.11 Å². The SMILES string of the molecule is COC(=O)[C@@]1(C)C[C@H]2C[C@@H]1C1C3C=CC(C3)C12. The molecule has 0 amide bonds. The van der Waals surface area contributed by atoms with Crippen LogP contribution in [-0.2, 0) is 9.53 Å². The van der Waals surface area contributed by atoms with E-state index in [1.807, 2.05) is 0 Å². The Balaban J connectivity index is 1.71. The molecule has 4 bridgehead atoms. The number of carbonyl (C=O) groups excluding carboxylic acids is 1. The van der Waals surface area contributed by atoms with Crippen LogP contribution >= 0.6 is 0 Å². The van der Waals surface area contributed by atoms with Crippen LogP contribution in [0.4, 0.5) is 0 Å². The highest BCUT2D eigenvalue weighted by atomic mass is 16.5. The van der Waals surface area contributed by atoms with Crippen LogP contribution < -0.4 is 0 Å². The second-order valence-electron chi connectivity index (χ2n) is 6.82. The first-order chi connectivity index (χ1) is 8.15. The number of hydrogen-bond acceptors (Lipinski definition) is 2. The fourth-order valence-corrected chi connectivity index (χ4v) is 5.84. The molecule has 0 aromatic carbocycles. The van der Waals surface area contributed by atoms with Crippen molar-refractivity contribution in [1.29, 1.82) is 0 Å². The first-order valence-corrected chi connectivity index (χ1v) is 6.92. The molecule has 92 valence electrons. The largest absolute Gasteiger partial charge is 0.469 e. The van der Waals surface area contributed by atoms with E-state index in [4.69, 9.17) is 4.74 Å². The summed E-state index contributed by atoms with van der Waals surface area (Å²) in [6.45, 7) is 2.15. The highest BCUT2D eigenvalue weighted by molar-refractivity contribution is 5.77. The Morgan fingerprint density at radius 1 is 1.24 bits per heavy atom. The lowest BCUT2D eigenvalue weighted by atomic mass is 9.63. The molecule has 0 saturated heterocycles. The predicted molar refractivity (Wildman–Crippen MR) is 64.1 cm³/mol. The normalized spacial score (nSPS) is 57.5. The van der Waals surface area contributed by atoms with Crippen molar-refractivity contribution >= 4 is 5.97 Å². The van der Waals surface area contributed by atoms with Crippen molar-refractivity contribution in [3.63, 3.8) is 0 Å². The fraction of sp³-hybridized carbons (Fsp3) is 0.800. The summed E-state index contributed by atoms with van der Waals surface area (Å²) in [6, 6.07) is 0. The Morgan fingerprint density at radius 3 is 2.65 bits per heavy atom. The number of methoxy groups -OCH3 is 1. The molecule has 2 heteroatoms. The van der Waals surface area contributed by atoms with Crippen molar-refractivity contribution < 1.29 is 9.53 Å². The van der Waals surface area contributed by atoms with Gasteiger partial charge in [-0.15, -0.1) is 0 Å². The van der Waals surface area contributed by atoms with Crippen molar-refractivity contribution in [1.82, 2.24) is 0 Å². The minimum atomic E-state index is -0.182. The third-order valence-corrected chi connectivity index (χ3v) is 6.30. The maximum absolute atomic E-state index is 12.1. The van der Waals surface area contributed by atoms with Gasteiger partial charge < -0.3 is 4.74 Å². The van der Waals surface area contributed by atoms with Crippen molar-refractivity contribution in [2.24, 2.45) is 40.9 Å². The zero-order valence-corrected chi connectivity index (χ0v) is 10.6. The number of rotatable bonds is 1. The molecule has 0 N–H and O–H groups in total. The molecular formula is C15H20O2. The summed E-state index contributed by atoms with van der Waals surface area (Å²) >= 11 is 0. The molecule has 4 unspecified atom stereocenters. The maximum Gasteiger partial charge on any atom is 0.311 e. The summed E-state index contributed by atoms with van der Waals surface area (Å²) in [5.74, 6) is 4.70. The molecule has 3 fully saturated rings. The van der Waals surface area contributed by atoms with Gasteiger partial charge in [0.25, 0.3) is 0 Å². The molecule has 0 radical (unpaired) electrons. The Labute approximate surface area is 102 Å². The minimum absolute atomic E-state index is 0.0372. The lowest BCUT2D eigenvalue weighted by Crippen LogP contribution is -2.42. The van der Waals surface area contributed by atoms with Gasteiger partial charge in [-0.2, -0.15) is 0 Å². The molecule has 4 rings (SSSR count). The summed E-state index contributed by atoms with van der Waals surface area (Å²) in [4.78, 5) is 12.1. The molecule has 0 heterocycles. The summed E-state index contributed by atoms with van der Waals surface area (Å²) in [5, 5.41) is 0. The lowest BCUT2D eigenvalue weighted by Gasteiger charge is -2.41. The molecule has 2 nitrogen and oxygen atoms in total. The van der Waals surface area contributed by atoms with Gasteiger partial charge in [-0.05, 0) is 61.7 Å². The van der Waals surface area contributed by atoms with Crippen LogP contribution in [-0.4, -0.2) is 13.1 Å². The van der Waals surface area contributed by atoms with Crippen LogP contribution in [0.25, 0.3) is 0 Å². The Hall–Kier alpha value is -0.790. The molecule has 17 heavy (non-hydrogen) atoms. The average molecular weight is 232 g/mol. The molecule has 0 aliphatic heterocycles. The van der Waals surface area contributed by atoms with E-state index in [0.717, 1.165) is 36.0 Å². The number of carbonyl (C=O) groups is 1. The van der Waals surface area contributed by atoms with Gasteiger partial charge >= 0.3 is 5.97 Å². The van der Waals surface area contributed by atoms with Gasteiger partial charge in [0.05, 0.1) is 12.5 Å². The van der Waals surface area contributed by atoms with Crippen LogP contribution in [0.2, 0.25) is 0 Å². The molecule has 4 aliphatic carbocycles. The van der Waals surface area contributed by atoms with Gasteiger partial charge in [-0.3, -0.25) is 4.79 Å². The predicted octanol–water partition coefficient (Wildman–Crippen LogP) is 2.64. The summed E-state index contributed by atoms with van der Waals surface area (Å²) in [7, 11) is 1.54. The zero-order chi connectivity index (χ0) is 11.8. The van der Waals surface area contributed by atoms with Crippen molar-refractivity contribution in [3.05, 3.63) is 12.2 Å². The van der Waals surface area contributed by atoms with Crippen LogP contribution in [0.5, 0.6) is 0 Å². The summed E-state index contributed by atoms with van der Waals surface area (Å²) in [6.07, 6.45) is 8.57. The smallest absolute Gasteiger partial charge is 0.311 e. The molecule has 3 saturated carbocycles. The molecule has 0 spiro atoms. The van der Waals surface area contributed by atoms with Crippen molar-refractivity contribution in [3.8, 4) is 0 Å². The average Bonchev–Trinajstić information content (AvgIpc) is 3.03. The van der Waals surface area contributed by atoms with Crippen molar-refractivity contribution in [2.45, 2.75) is 26.2 Å². The molecule has 0 aromatic rings.